The van der Waals surface area contributed by atoms with Crippen LogP contribution in [0.4, 0.5) is 0 Å². The van der Waals surface area contributed by atoms with E-state index in [4.69, 9.17) is 32.7 Å². The molecule has 2 aliphatic carbocycles. The Hall–Kier alpha value is -1.80. The summed E-state index contributed by atoms with van der Waals surface area (Å²) in [4.78, 5) is 18.2. The van der Waals surface area contributed by atoms with Crippen molar-refractivity contribution in [3.05, 3.63) is 117 Å². The molecule has 6 rings (SSSR count). The van der Waals surface area contributed by atoms with Crippen LogP contribution in [0.3, 0.4) is 0 Å². The monoisotopic (exact) mass is 851 g/mol. The fourth-order valence-corrected chi connectivity index (χ4v) is 9.31. The van der Waals surface area contributed by atoms with Gasteiger partial charge in [0, 0.05) is 66.9 Å². The van der Waals surface area contributed by atoms with E-state index in [1.807, 2.05) is 25.3 Å². The van der Waals surface area contributed by atoms with Crippen molar-refractivity contribution in [1.29, 1.82) is 0 Å². The van der Waals surface area contributed by atoms with Crippen molar-refractivity contribution < 1.29 is 52.1 Å². The maximum atomic E-state index is 12.5. The first kappa shape index (κ1) is 43.9. The second-order valence-electron chi connectivity index (χ2n) is 14.8. The van der Waals surface area contributed by atoms with Crippen LogP contribution >= 0.6 is 34.5 Å². The molecule has 0 saturated heterocycles. The predicted molar refractivity (Wildman–Crippen MR) is 215 cm³/mol. The smallest absolute Gasteiger partial charge is 0.141 e. The van der Waals surface area contributed by atoms with Crippen LogP contribution in [0.15, 0.2) is 66.9 Å². The van der Waals surface area contributed by atoms with E-state index in [1.54, 1.807) is 11.3 Å². The second kappa shape index (κ2) is 20.9. The number of aliphatic hydroxyl groups excluding tert-OH is 1. The van der Waals surface area contributed by atoms with E-state index < -0.39 is 0 Å². The van der Waals surface area contributed by atoms with Gasteiger partial charge in [0.2, 0.25) is 0 Å². The van der Waals surface area contributed by atoms with E-state index in [0.717, 1.165) is 54.7 Å². The number of carbonyl (C=O) groups is 1. The molecule has 0 spiro atoms. The van der Waals surface area contributed by atoms with Gasteiger partial charge in [0.15, 0.2) is 0 Å². The quantitative estimate of drug-likeness (QED) is 0.107. The molecule has 2 saturated carbocycles. The van der Waals surface area contributed by atoms with Crippen LogP contribution in [0, 0.1) is 65.2 Å². The van der Waals surface area contributed by atoms with Crippen molar-refractivity contribution in [3.8, 4) is 11.5 Å². The number of rotatable bonds is 13. The molecule has 283 valence electrons. The third-order valence-corrected chi connectivity index (χ3v) is 12.6. The second-order valence-corrected chi connectivity index (χ2v) is 17.2. The number of carbonyl (C=O) groups excluding carboxylic acids is 1. The molecular formula is C44H54Cl2NO4SY-. The standard InChI is InChI=1S/C23H26ClO2.C21H28ClNO2S.Y/c1-4-17-6-5-7-18(11-17)12-19-20(22(25)13-21(19)24)14-26-23-9-8-15(2)10-16(23)3;1-13-7-8-14(2)20(9-13)25-12-17-16(19(24)10-18(17)22)5-4-6-21-23-11-15(3)26-21;/h5-11,19-21H,1,4,12-14H2,2-3H3;7-9,11,16-19,24H,4-6,10,12H2,1-3H3;/q-1;;/t19-,20-,21?;16-,17-,18?,19?;/m11./s1. The number of aryl methyl sites for hydroxylation is 6. The van der Waals surface area contributed by atoms with Crippen LogP contribution in [0.1, 0.15) is 68.9 Å². The van der Waals surface area contributed by atoms with Crippen molar-refractivity contribution in [1.82, 2.24) is 4.98 Å². The number of thiazole rings is 1. The number of hydrogen-bond acceptors (Lipinski definition) is 6. The summed E-state index contributed by atoms with van der Waals surface area (Å²) in [5.74, 6) is 2.32. The zero-order valence-electron chi connectivity index (χ0n) is 31.8. The van der Waals surface area contributed by atoms with Crippen molar-refractivity contribution >= 4 is 40.3 Å². The van der Waals surface area contributed by atoms with Crippen LogP contribution in [0.25, 0.3) is 0 Å². The van der Waals surface area contributed by atoms with E-state index in [-0.39, 0.29) is 79.0 Å². The summed E-state index contributed by atoms with van der Waals surface area (Å²) >= 11 is 14.8. The molecule has 7 atom stereocenters. The summed E-state index contributed by atoms with van der Waals surface area (Å²) in [7, 11) is 0. The SMILES string of the molecule is Cc1ccc(C)c(OC[C@H]2C(Cl)CC(O)[C@@H]2CCCc2ncc(C)s2)c1.[CH2-]Cc1cccc(C[C@H]2C(Cl)CC(=O)[C@@H]2COc2ccc(C)cc2C)c1.[Y]. The number of Topliss-reactive ketones (excluding diaryl/α,β-unsaturated/α-hetero) is 1. The molecule has 2 fully saturated rings. The summed E-state index contributed by atoms with van der Waals surface area (Å²) in [5.41, 5.74) is 7.05. The van der Waals surface area contributed by atoms with Crippen molar-refractivity contribution in [2.75, 3.05) is 13.2 Å². The number of ketones is 1. The van der Waals surface area contributed by atoms with Crippen molar-refractivity contribution in [2.45, 2.75) is 96.4 Å². The number of nitrogens with zero attached hydrogens (tertiary/aromatic N) is 1. The van der Waals surface area contributed by atoms with E-state index in [0.29, 0.717) is 26.1 Å². The average molecular weight is 853 g/mol. The van der Waals surface area contributed by atoms with Gasteiger partial charge in [-0.05, 0) is 113 Å². The number of aliphatic hydroxyl groups is 1. The maximum Gasteiger partial charge on any atom is 0.141 e. The van der Waals surface area contributed by atoms with Gasteiger partial charge < -0.3 is 21.5 Å². The number of ether oxygens (including phenoxy) is 2. The van der Waals surface area contributed by atoms with Gasteiger partial charge in [0.05, 0.1) is 30.2 Å². The Kier molecular flexibility index (Phi) is 17.3. The minimum absolute atomic E-state index is 0. The largest absolute Gasteiger partial charge is 0.493 e. The molecule has 4 aromatic rings. The van der Waals surface area contributed by atoms with Crippen LogP contribution in [0.5, 0.6) is 11.5 Å². The van der Waals surface area contributed by atoms with Gasteiger partial charge in [-0.3, -0.25) is 4.79 Å². The van der Waals surface area contributed by atoms with Gasteiger partial charge in [0.25, 0.3) is 0 Å². The Labute approximate surface area is 356 Å². The molecule has 0 bridgehead atoms. The normalized spacial score (nSPS) is 23.6. The molecule has 5 nitrogen and oxygen atoms in total. The molecule has 0 aliphatic heterocycles. The number of hydrogen-bond donors (Lipinski definition) is 1. The Morgan fingerprint density at radius 2 is 1.57 bits per heavy atom. The van der Waals surface area contributed by atoms with E-state index in [1.165, 1.54) is 32.1 Å². The number of alkyl halides is 2. The first-order valence-corrected chi connectivity index (χ1v) is 20.3. The minimum atomic E-state index is -0.331. The summed E-state index contributed by atoms with van der Waals surface area (Å²) in [6, 6.07) is 20.8. The maximum absolute atomic E-state index is 12.5. The molecule has 9 heteroatoms. The summed E-state index contributed by atoms with van der Waals surface area (Å²) in [5, 5.41) is 11.5. The number of halogens is 2. The molecule has 1 aromatic heterocycles. The average Bonchev–Trinajstić information content (AvgIpc) is 3.74. The van der Waals surface area contributed by atoms with Crippen LogP contribution in [0.2, 0.25) is 0 Å². The summed E-state index contributed by atoms with van der Waals surface area (Å²) < 4.78 is 12.1. The number of benzene rings is 3. The van der Waals surface area contributed by atoms with Gasteiger partial charge in [0.1, 0.15) is 17.3 Å². The first-order valence-electron chi connectivity index (χ1n) is 18.6. The molecule has 3 aromatic carbocycles. The molecule has 2 aliphatic rings. The Balaban J connectivity index is 0.000000232. The summed E-state index contributed by atoms with van der Waals surface area (Å²) in [6.07, 6.45) is 7.21. The fourth-order valence-electron chi connectivity index (χ4n) is 7.62. The van der Waals surface area contributed by atoms with Gasteiger partial charge in [-0.25, -0.2) is 4.98 Å². The van der Waals surface area contributed by atoms with Crippen LogP contribution in [-0.2, 0) is 56.8 Å². The fraction of sp³-hybridized carbons (Fsp3) is 0.477. The third kappa shape index (κ3) is 12.3. The zero-order chi connectivity index (χ0) is 37.4. The van der Waals surface area contributed by atoms with E-state index in [9.17, 15) is 9.90 Å². The summed E-state index contributed by atoms with van der Waals surface area (Å²) in [6.45, 7) is 15.2. The first-order chi connectivity index (χ1) is 24.9. The van der Waals surface area contributed by atoms with Crippen molar-refractivity contribution in [2.24, 2.45) is 23.7 Å². The van der Waals surface area contributed by atoms with Crippen LogP contribution < -0.4 is 9.47 Å². The Bertz CT molecular complexity index is 1780. The Morgan fingerprint density at radius 1 is 0.849 bits per heavy atom. The molecule has 3 unspecified atom stereocenters. The molecular weight excluding hydrogens is 798 g/mol. The zero-order valence-corrected chi connectivity index (χ0v) is 37.0. The molecule has 1 N–H and O–H groups in total. The third-order valence-electron chi connectivity index (χ3n) is 10.6. The van der Waals surface area contributed by atoms with Gasteiger partial charge >= 0.3 is 0 Å². The molecule has 53 heavy (non-hydrogen) atoms. The number of aromatic nitrogens is 1. The predicted octanol–water partition coefficient (Wildman–Crippen LogP) is 10.2. The van der Waals surface area contributed by atoms with E-state index in [2.05, 4.69) is 88.1 Å². The van der Waals surface area contributed by atoms with Gasteiger partial charge in [-0.1, -0.05) is 59.7 Å². The molecule has 0 amide bonds. The van der Waals surface area contributed by atoms with Gasteiger partial charge in [-0.2, -0.15) is 6.42 Å². The van der Waals surface area contributed by atoms with E-state index >= 15 is 0 Å². The van der Waals surface area contributed by atoms with Gasteiger partial charge in [-0.15, -0.1) is 34.5 Å². The Morgan fingerprint density at radius 3 is 2.28 bits per heavy atom. The van der Waals surface area contributed by atoms with Crippen LogP contribution in [-0.4, -0.2) is 45.9 Å². The minimum Gasteiger partial charge on any atom is -0.493 e. The topological polar surface area (TPSA) is 68.7 Å². The molecule has 1 radical (unpaired) electrons. The van der Waals surface area contributed by atoms with Crippen molar-refractivity contribution in [3.63, 3.8) is 0 Å². The molecule has 1 heterocycles.